The first-order valence-corrected chi connectivity index (χ1v) is 7.83. The van der Waals surface area contributed by atoms with E-state index in [1.54, 1.807) is 7.11 Å². The Morgan fingerprint density at radius 3 is 3.00 bits per heavy atom. The van der Waals surface area contributed by atoms with Crippen molar-refractivity contribution in [3.63, 3.8) is 0 Å². The number of nitrogens with one attached hydrogen (secondary N) is 1. The van der Waals surface area contributed by atoms with Crippen molar-refractivity contribution in [2.75, 3.05) is 32.1 Å². The van der Waals surface area contributed by atoms with E-state index in [0.29, 0.717) is 6.04 Å². The maximum atomic E-state index is 5.24. The van der Waals surface area contributed by atoms with Gasteiger partial charge >= 0.3 is 0 Å². The highest BCUT2D eigenvalue weighted by atomic mass is 16.5. The van der Waals surface area contributed by atoms with Crippen LogP contribution in [0.4, 0.5) is 5.69 Å². The lowest BCUT2D eigenvalue weighted by atomic mass is 10.0. The van der Waals surface area contributed by atoms with Gasteiger partial charge in [0, 0.05) is 38.5 Å². The maximum Gasteiger partial charge on any atom is 0.0589 e. The van der Waals surface area contributed by atoms with Gasteiger partial charge in [-0.3, -0.25) is 4.90 Å². The molecule has 0 saturated carbocycles. The fourth-order valence-corrected chi connectivity index (χ4v) is 2.78. The molecule has 1 aliphatic rings. The van der Waals surface area contributed by atoms with Crippen LogP contribution in [0.1, 0.15) is 37.8 Å². The van der Waals surface area contributed by atoms with Gasteiger partial charge in [-0.25, -0.2) is 0 Å². The molecule has 1 aliphatic heterocycles. The lowest BCUT2D eigenvalue weighted by molar-refractivity contribution is 0.118. The highest BCUT2D eigenvalue weighted by molar-refractivity contribution is 5.54. The van der Waals surface area contributed by atoms with Gasteiger partial charge in [0.1, 0.15) is 0 Å². The van der Waals surface area contributed by atoms with E-state index in [-0.39, 0.29) is 0 Å². The Morgan fingerprint density at radius 2 is 2.25 bits per heavy atom. The second kappa shape index (κ2) is 7.65. The summed E-state index contributed by atoms with van der Waals surface area (Å²) >= 11 is 0. The summed E-state index contributed by atoms with van der Waals surface area (Å²) < 4.78 is 5.24. The molecule has 0 spiro atoms. The molecule has 0 fully saturated rings. The smallest absolute Gasteiger partial charge is 0.0589 e. The van der Waals surface area contributed by atoms with Gasteiger partial charge in [-0.1, -0.05) is 19.1 Å². The number of methoxy groups -OCH3 is 1. The van der Waals surface area contributed by atoms with Crippen molar-refractivity contribution in [1.82, 2.24) is 4.90 Å². The van der Waals surface area contributed by atoms with Crippen LogP contribution in [0.5, 0.6) is 0 Å². The summed E-state index contributed by atoms with van der Waals surface area (Å²) in [6, 6.07) is 7.48. The average Bonchev–Trinajstić information content (AvgIpc) is 2.50. The maximum absolute atomic E-state index is 5.24. The van der Waals surface area contributed by atoms with Crippen LogP contribution in [-0.4, -0.2) is 37.7 Å². The van der Waals surface area contributed by atoms with Crippen LogP contribution < -0.4 is 5.32 Å². The van der Waals surface area contributed by atoms with E-state index in [1.807, 2.05) is 0 Å². The van der Waals surface area contributed by atoms with E-state index >= 15 is 0 Å². The van der Waals surface area contributed by atoms with Crippen molar-refractivity contribution in [2.24, 2.45) is 0 Å². The van der Waals surface area contributed by atoms with E-state index in [4.69, 9.17) is 4.74 Å². The van der Waals surface area contributed by atoms with Gasteiger partial charge in [0.05, 0.1) is 6.61 Å². The molecule has 0 aliphatic carbocycles. The number of fused-ring (bicyclic) bond motifs is 1. The van der Waals surface area contributed by atoms with E-state index < -0.39 is 0 Å². The lowest BCUT2D eigenvalue weighted by Crippen LogP contribution is -2.34. The topological polar surface area (TPSA) is 24.5 Å². The predicted octanol–water partition coefficient (Wildman–Crippen LogP) is 3.29. The van der Waals surface area contributed by atoms with Crippen molar-refractivity contribution in [3.8, 4) is 0 Å². The third kappa shape index (κ3) is 3.97. The van der Waals surface area contributed by atoms with Crippen LogP contribution in [0.15, 0.2) is 18.2 Å². The van der Waals surface area contributed by atoms with Gasteiger partial charge < -0.3 is 10.1 Å². The summed E-state index contributed by atoms with van der Waals surface area (Å²) in [4.78, 5) is 2.52. The third-order valence-corrected chi connectivity index (χ3v) is 4.29. The molecule has 1 aromatic carbocycles. The Morgan fingerprint density at radius 1 is 1.40 bits per heavy atom. The van der Waals surface area contributed by atoms with Crippen LogP contribution in [0, 0.1) is 0 Å². The number of hydrogen-bond donors (Lipinski definition) is 1. The molecule has 0 aromatic heterocycles. The third-order valence-electron chi connectivity index (χ3n) is 4.29. The number of ether oxygens (including phenoxy) is 1. The first-order valence-electron chi connectivity index (χ1n) is 7.83. The fourth-order valence-electron chi connectivity index (χ4n) is 2.78. The zero-order valence-electron chi connectivity index (χ0n) is 13.1. The van der Waals surface area contributed by atoms with E-state index in [1.165, 1.54) is 36.1 Å². The summed E-state index contributed by atoms with van der Waals surface area (Å²) in [7, 11) is 1.78. The number of rotatable bonds is 7. The zero-order chi connectivity index (χ0) is 14.4. The molecule has 0 amide bonds. The Balaban J connectivity index is 2.05. The standard InChI is InChI=1S/C17H28N2O/c1-4-14(2)19(10-11-20-3)13-15-7-8-17-16(12-15)6-5-9-18-17/h7-8,12,14,18H,4-6,9-11,13H2,1-3H3. The van der Waals surface area contributed by atoms with Crippen molar-refractivity contribution in [1.29, 1.82) is 0 Å². The number of anilines is 1. The van der Waals surface area contributed by atoms with Crippen molar-refractivity contribution in [3.05, 3.63) is 29.3 Å². The second-order valence-electron chi connectivity index (χ2n) is 5.74. The molecule has 20 heavy (non-hydrogen) atoms. The van der Waals surface area contributed by atoms with E-state index in [2.05, 4.69) is 42.3 Å². The minimum Gasteiger partial charge on any atom is -0.385 e. The summed E-state index contributed by atoms with van der Waals surface area (Å²) in [5, 5.41) is 3.48. The molecular weight excluding hydrogens is 248 g/mol. The Kier molecular flexibility index (Phi) is 5.86. The molecule has 1 heterocycles. The normalized spacial score (nSPS) is 15.8. The van der Waals surface area contributed by atoms with Crippen LogP contribution in [0.25, 0.3) is 0 Å². The number of aryl methyl sites for hydroxylation is 1. The highest BCUT2D eigenvalue weighted by Gasteiger charge is 2.14. The average molecular weight is 276 g/mol. The minimum absolute atomic E-state index is 0.597. The number of benzene rings is 1. The minimum atomic E-state index is 0.597. The highest BCUT2D eigenvalue weighted by Crippen LogP contribution is 2.24. The summed E-state index contributed by atoms with van der Waals surface area (Å²) in [5.41, 5.74) is 4.22. The largest absolute Gasteiger partial charge is 0.385 e. The molecule has 0 radical (unpaired) electrons. The van der Waals surface area contributed by atoms with E-state index in [9.17, 15) is 0 Å². The second-order valence-corrected chi connectivity index (χ2v) is 5.74. The molecule has 112 valence electrons. The number of nitrogens with zero attached hydrogens (tertiary/aromatic N) is 1. The molecule has 3 heteroatoms. The lowest BCUT2D eigenvalue weighted by Gasteiger charge is -2.29. The molecule has 2 rings (SSSR count). The van der Waals surface area contributed by atoms with Gasteiger partial charge in [0.25, 0.3) is 0 Å². The zero-order valence-corrected chi connectivity index (χ0v) is 13.1. The van der Waals surface area contributed by atoms with Gasteiger partial charge in [0.2, 0.25) is 0 Å². The molecular formula is C17H28N2O. The van der Waals surface area contributed by atoms with Crippen molar-refractivity contribution < 1.29 is 4.74 Å². The van der Waals surface area contributed by atoms with Crippen LogP contribution >= 0.6 is 0 Å². The molecule has 0 bridgehead atoms. The summed E-state index contributed by atoms with van der Waals surface area (Å²) in [6.07, 6.45) is 3.63. The van der Waals surface area contributed by atoms with Crippen LogP contribution in [0.3, 0.4) is 0 Å². The van der Waals surface area contributed by atoms with E-state index in [0.717, 1.165) is 26.2 Å². The Bertz CT molecular complexity index is 419. The van der Waals surface area contributed by atoms with Crippen molar-refractivity contribution in [2.45, 2.75) is 45.7 Å². The molecule has 1 unspecified atom stereocenters. The molecule has 1 atom stereocenters. The fraction of sp³-hybridized carbons (Fsp3) is 0.647. The van der Waals surface area contributed by atoms with Crippen LogP contribution in [-0.2, 0) is 17.7 Å². The predicted molar refractivity (Wildman–Crippen MR) is 85.3 cm³/mol. The summed E-state index contributed by atoms with van der Waals surface area (Å²) in [5.74, 6) is 0. The van der Waals surface area contributed by atoms with Gasteiger partial charge in [0.15, 0.2) is 0 Å². The monoisotopic (exact) mass is 276 g/mol. The quantitative estimate of drug-likeness (QED) is 0.827. The Hall–Kier alpha value is -1.06. The first-order chi connectivity index (χ1) is 9.74. The van der Waals surface area contributed by atoms with Gasteiger partial charge in [-0.15, -0.1) is 0 Å². The molecule has 1 aromatic rings. The number of hydrogen-bond acceptors (Lipinski definition) is 3. The molecule has 3 nitrogen and oxygen atoms in total. The first kappa shape index (κ1) is 15.3. The molecule has 1 N–H and O–H groups in total. The van der Waals surface area contributed by atoms with Crippen LogP contribution in [0.2, 0.25) is 0 Å². The van der Waals surface area contributed by atoms with Crippen molar-refractivity contribution >= 4 is 5.69 Å². The Labute approximate surface area is 123 Å². The van der Waals surface area contributed by atoms with Gasteiger partial charge in [-0.2, -0.15) is 0 Å². The SMILES string of the molecule is CCC(C)N(CCOC)Cc1ccc2c(c1)CCCN2. The van der Waals surface area contributed by atoms with Gasteiger partial charge in [-0.05, 0) is 43.4 Å². The summed E-state index contributed by atoms with van der Waals surface area (Å²) in [6.45, 7) is 8.49. The molecule has 0 saturated heterocycles.